The topological polar surface area (TPSA) is 64.3 Å². The van der Waals surface area contributed by atoms with Crippen molar-refractivity contribution in [2.24, 2.45) is 11.7 Å². The van der Waals surface area contributed by atoms with Crippen LogP contribution in [-0.2, 0) is 9.53 Å². The van der Waals surface area contributed by atoms with Crippen molar-refractivity contribution in [3.8, 4) is 0 Å². The van der Waals surface area contributed by atoms with Crippen LogP contribution >= 0.6 is 0 Å². The van der Waals surface area contributed by atoms with Crippen LogP contribution in [0.2, 0.25) is 0 Å². The second-order valence-corrected chi connectivity index (χ2v) is 4.02. The summed E-state index contributed by atoms with van der Waals surface area (Å²) in [5, 5.41) is 3.19. The first-order valence-corrected chi connectivity index (χ1v) is 4.69. The van der Waals surface area contributed by atoms with Gasteiger partial charge in [-0.2, -0.15) is 0 Å². The Morgan fingerprint density at radius 2 is 2.38 bits per heavy atom. The molecule has 13 heavy (non-hydrogen) atoms. The molecule has 0 aromatic carbocycles. The highest BCUT2D eigenvalue weighted by Crippen LogP contribution is 2.18. The van der Waals surface area contributed by atoms with Gasteiger partial charge in [0.2, 0.25) is 5.91 Å². The summed E-state index contributed by atoms with van der Waals surface area (Å²) in [7, 11) is 0. The molecule has 0 saturated carbocycles. The second-order valence-electron chi connectivity index (χ2n) is 4.02. The third kappa shape index (κ3) is 2.42. The highest BCUT2D eigenvalue weighted by atomic mass is 16.5. The summed E-state index contributed by atoms with van der Waals surface area (Å²) in [5.74, 6) is 0.211. The van der Waals surface area contributed by atoms with Crippen molar-refractivity contribution in [2.75, 3.05) is 19.8 Å². The van der Waals surface area contributed by atoms with Gasteiger partial charge in [0, 0.05) is 13.0 Å². The standard InChI is InChI=1S/C9H18N2O2/c1-7(2)5-11-9(8(10)12)3-4-13-6-9/h7,11H,3-6H2,1-2H3,(H2,10,12). The van der Waals surface area contributed by atoms with Gasteiger partial charge in [-0.05, 0) is 12.5 Å². The number of nitrogens with two attached hydrogens (primary N) is 1. The molecular formula is C9H18N2O2. The molecule has 1 amide bonds. The molecular weight excluding hydrogens is 168 g/mol. The van der Waals surface area contributed by atoms with E-state index in [4.69, 9.17) is 10.5 Å². The summed E-state index contributed by atoms with van der Waals surface area (Å²) in [5.41, 5.74) is 4.73. The molecule has 1 saturated heterocycles. The Morgan fingerprint density at radius 1 is 1.69 bits per heavy atom. The van der Waals surface area contributed by atoms with E-state index < -0.39 is 5.54 Å². The van der Waals surface area contributed by atoms with Crippen LogP contribution in [0.5, 0.6) is 0 Å². The van der Waals surface area contributed by atoms with E-state index in [2.05, 4.69) is 19.2 Å². The lowest BCUT2D eigenvalue weighted by Gasteiger charge is -2.25. The maximum Gasteiger partial charge on any atom is 0.240 e. The van der Waals surface area contributed by atoms with Gasteiger partial charge in [0.05, 0.1) is 6.61 Å². The zero-order valence-corrected chi connectivity index (χ0v) is 8.30. The Labute approximate surface area is 78.8 Å². The van der Waals surface area contributed by atoms with Gasteiger partial charge in [0.15, 0.2) is 0 Å². The van der Waals surface area contributed by atoms with Crippen LogP contribution in [0.15, 0.2) is 0 Å². The molecule has 1 aliphatic rings. The van der Waals surface area contributed by atoms with E-state index in [0.29, 0.717) is 25.6 Å². The number of hydrogen-bond donors (Lipinski definition) is 2. The number of primary amides is 1. The van der Waals surface area contributed by atoms with Gasteiger partial charge >= 0.3 is 0 Å². The van der Waals surface area contributed by atoms with E-state index in [1.165, 1.54) is 0 Å². The van der Waals surface area contributed by atoms with Gasteiger partial charge in [-0.25, -0.2) is 0 Å². The second kappa shape index (κ2) is 4.07. The first-order valence-electron chi connectivity index (χ1n) is 4.69. The Balaban J connectivity index is 2.52. The minimum Gasteiger partial charge on any atom is -0.379 e. The molecule has 0 bridgehead atoms. The molecule has 1 aliphatic heterocycles. The van der Waals surface area contributed by atoms with Gasteiger partial charge < -0.3 is 15.8 Å². The molecule has 1 atom stereocenters. The number of carbonyl (C=O) groups excluding carboxylic acids is 1. The fourth-order valence-electron chi connectivity index (χ4n) is 1.39. The maximum absolute atomic E-state index is 11.2. The van der Waals surface area contributed by atoms with E-state index in [0.717, 1.165) is 6.54 Å². The monoisotopic (exact) mass is 186 g/mol. The SMILES string of the molecule is CC(C)CNC1(C(N)=O)CCOC1. The highest BCUT2D eigenvalue weighted by Gasteiger charge is 2.40. The van der Waals surface area contributed by atoms with Crippen LogP contribution in [-0.4, -0.2) is 31.2 Å². The minimum absolute atomic E-state index is 0.300. The van der Waals surface area contributed by atoms with Crippen LogP contribution in [0.3, 0.4) is 0 Å². The summed E-state index contributed by atoms with van der Waals surface area (Å²) in [6, 6.07) is 0. The average molecular weight is 186 g/mol. The van der Waals surface area contributed by atoms with Crippen LogP contribution in [0, 0.1) is 5.92 Å². The van der Waals surface area contributed by atoms with Crippen molar-refractivity contribution in [3.63, 3.8) is 0 Å². The molecule has 0 aliphatic carbocycles. The molecule has 1 rings (SSSR count). The normalized spacial score (nSPS) is 28.2. The zero-order chi connectivity index (χ0) is 9.90. The molecule has 4 nitrogen and oxygen atoms in total. The molecule has 1 heterocycles. The van der Waals surface area contributed by atoms with Crippen molar-refractivity contribution in [1.82, 2.24) is 5.32 Å². The van der Waals surface area contributed by atoms with Crippen molar-refractivity contribution in [1.29, 1.82) is 0 Å². The van der Waals surface area contributed by atoms with Crippen LogP contribution in [0.1, 0.15) is 20.3 Å². The van der Waals surface area contributed by atoms with E-state index >= 15 is 0 Å². The van der Waals surface area contributed by atoms with Crippen molar-refractivity contribution in [3.05, 3.63) is 0 Å². The third-order valence-corrected chi connectivity index (χ3v) is 2.34. The predicted molar refractivity (Wildman–Crippen MR) is 50.2 cm³/mol. The van der Waals surface area contributed by atoms with Crippen LogP contribution < -0.4 is 11.1 Å². The third-order valence-electron chi connectivity index (χ3n) is 2.34. The van der Waals surface area contributed by atoms with Gasteiger partial charge in [-0.1, -0.05) is 13.8 Å². The number of carbonyl (C=O) groups is 1. The Bertz CT molecular complexity index is 186. The molecule has 4 heteroatoms. The molecule has 3 N–H and O–H groups in total. The number of nitrogens with one attached hydrogen (secondary N) is 1. The van der Waals surface area contributed by atoms with Crippen LogP contribution in [0.25, 0.3) is 0 Å². The van der Waals surface area contributed by atoms with Gasteiger partial charge in [0.25, 0.3) is 0 Å². The Kier molecular flexibility index (Phi) is 3.27. The molecule has 0 aromatic rings. The first kappa shape index (κ1) is 10.5. The molecule has 1 unspecified atom stereocenters. The van der Waals surface area contributed by atoms with Gasteiger partial charge in [0.1, 0.15) is 5.54 Å². The van der Waals surface area contributed by atoms with Crippen molar-refractivity contribution < 1.29 is 9.53 Å². The largest absolute Gasteiger partial charge is 0.379 e. The van der Waals surface area contributed by atoms with E-state index in [-0.39, 0.29) is 5.91 Å². The average Bonchev–Trinajstić information content (AvgIpc) is 2.50. The van der Waals surface area contributed by atoms with Crippen molar-refractivity contribution in [2.45, 2.75) is 25.8 Å². The highest BCUT2D eigenvalue weighted by molar-refractivity contribution is 5.85. The fourth-order valence-corrected chi connectivity index (χ4v) is 1.39. The van der Waals surface area contributed by atoms with E-state index in [1.807, 2.05) is 0 Å². The van der Waals surface area contributed by atoms with Crippen molar-refractivity contribution >= 4 is 5.91 Å². The molecule has 0 spiro atoms. The Morgan fingerprint density at radius 3 is 2.77 bits per heavy atom. The summed E-state index contributed by atoms with van der Waals surface area (Å²) >= 11 is 0. The van der Waals surface area contributed by atoms with Gasteiger partial charge in [-0.15, -0.1) is 0 Å². The molecule has 1 fully saturated rings. The summed E-state index contributed by atoms with van der Waals surface area (Å²) in [4.78, 5) is 11.2. The number of amides is 1. The quantitative estimate of drug-likeness (QED) is 0.643. The summed E-state index contributed by atoms with van der Waals surface area (Å²) in [6.07, 6.45) is 0.690. The molecule has 0 radical (unpaired) electrons. The first-order chi connectivity index (χ1) is 6.07. The smallest absolute Gasteiger partial charge is 0.240 e. The predicted octanol–water partition coefficient (Wildman–Crippen LogP) is -0.124. The lowest BCUT2D eigenvalue weighted by Crippen LogP contribution is -2.56. The summed E-state index contributed by atoms with van der Waals surface area (Å²) < 4.78 is 5.19. The molecule has 76 valence electrons. The van der Waals surface area contributed by atoms with E-state index in [1.54, 1.807) is 0 Å². The van der Waals surface area contributed by atoms with Gasteiger partial charge in [-0.3, -0.25) is 4.79 Å². The van der Waals surface area contributed by atoms with E-state index in [9.17, 15) is 4.79 Å². The number of rotatable bonds is 4. The lowest BCUT2D eigenvalue weighted by atomic mass is 9.97. The zero-order valence-electron chi connectivity index (χ0n) is 8.30. The number of hydrogen-bond acceptors (Lipinski definition) is 3. The fraction of sp³-hybridized carbons (Fsp3) is 0.889. The summed E-state index contributed by atoms with van der Waals surface area (Å²) in [6.45, 7) is 6.02. The Hall–Kier alpha value is -0.610. The number of ether oxygens (including phenoxy) is 1. The van der Waals surface area contributed by atoms with Crippen LogP contribution in [0.4, 0.5) is 0 Å². The molecule has 0 aromatic heterocycles. The minimum atomic E-state index is -0.607. The maximum atomic E-state index is 11.2. The lowest BCUT2D eigenvalue weighted by molar-refractivity contribution is -0.124.